The van der Waals surface area contributed by atoms with Crippen molar-refractivity contribution >= 4 is 33.6 Å². The monoisotopic (exact) mass is 362 g/mol. The highest BCUT2D eigenvalue weighted by Gasteiger charge is 2.19. The van der Waals surface area contributed by atoms with E-state index in [9.17, 15) is 9.59 Å². The van der Waals surface area contributed by atoms with Crippen LogP contribution < -0.4 is 4.90 Å². The molecule has 1 amide bonds. The van der Waals surface area contributed by atoms with E-state index in [2.05, 4.69) is 25.7 Å². The van der Waals surface area contributed by atoms with Crippen molar-refractivity contribution in [2.24, 2.45) is 0 Å². The lowest BCUT2D eigenvalue weighted by molar-refractivity contribution is -0.140. The zero-order chi connectivity index (χ0) is 15.9. The number of carbonyl (C=O) groups excluding carboxylic acids is 2. The summed E-state index contributed by atoms with van der Waals surface area (Å²) in [6, 6.07) is 12.3. The van der Waals surface area contributed by atoms with Gasteiger partial charge in [-0.25, -0.2) is 4.98 Å². The average Bonchev–Trinajstić information content (AvgIpc) is 2.56. The first-order valence-corrected chi connectivity index (χ1v) is 7.46. The molecule has 0 aliphatic carbocycles. The summed E-state index contributed by atoms with van der Waals surface area (Å²) >= 11 is 3.34. The maximum atomic E-state index is 12.7. The molecule has 0 atom stereocenters. The van der Waals surface area contributed by atoms with Gasteiger partial charge in [-0.05, 0) is 36.4 Å². The van der Waals surface area contributed by atoms with Crippen molar-refractivity contribution in [3.63, 3.8) is 0 Å². The molecule has 0 aliphatic heterocycles. The third kappa shape index (κ3) is 4.14. The molecule has 2 aromatic rings. The van der Waals surface area contributed by atoms with Crippen LogP contribution in [0.2, 0.25) is 0 Å². The molecule has 0 saturated carbocycles. The number of rotatable bonds is 5. The van der Waals surface area contributed by atoms with E-state index in [1.807, 2.05) is 0 Å². The van der Waals surface area contributed by atoms with Gasteiger partial charge in [0.05, 0.1) is 13.5 Å². The zero-order valence-electron chi connectivity index (χ0n) is 12.0. The quantitative estimate of drug-likeness (QED) is 0.767. The normalized spacial score (nSPS) is 10.1. The number of methoxy groups -OCH3 is 1. The Morgan fingerprint density at radius 1 is 1.18 bits per heavy atom. The number of carbonyl (C=O) groups is 2. The second-order valence-electron chi connectivity index (χ2n) is 4.48. The standard InChI is InChI=1S/C16H15BrN2O3/c1-22-15(20)9-11-19(14-4-2-3-10-18-14)16(21)12-5-7-13(17)8-6-12/h2-8,10H,9,11H2,1H3. The minimum atomic E-state index is -0.371. The van der Waals surface area contributed by atoms with E-state index in [-0.39, 0.29) is 24.8 Å². The van der Waals surface area contributed by atoms with Crippen LogP contribution in [-0.2, 0) is 9.53 Å². The van der Waals surface area contributed by atoms with Crippen molar-refractivity contribution in [3.8, 4) is 0 Å². The van der Waals surface area contributed by atoms with Gasteiger partial charge >= 0.3 is 5.97 Å². The molecular weight excluding hydrogens is 348 g/mol. The third-order valence-electron chi connectivity index (χ3n) is 3.03. The van der Waals surface area contributed by atoms with E-state index in [0.29, 0.717) is 11.4 Å². The van der Waals surface area contributed by atoms with Gasteiger partial charge in [0.25, 0.3) is 5.91 Å². The van der Waals surface area contributed by atoms with E-state index in [4.69, 9.17) is 0 Å². The molecule has 22 heavy (non-hydrogen) atoms. The van der Waals surface area contributed by atoms with Crippen molar-refractivity contribution in [1.82, 2.24) is 4.98 Å². The number of hydrogen-bond acceptors (Lipinski definition) is 4. The van der Waals surface area contributed by atoms with E-state index in [1.165, 1.54) is 12.0 Å². The van der Waals surface area contributed by atoms with E-state index in [1.54, 1.807) is 48.7 Å². The first-order valence-electron chi connectivity index (χ1n) is 6.67. The highest BCUT2D eigenvalue weighted by atomic mass is 79.9. The average molecular weight is 363 g/mol. The number of aromatic nitrogens is 1. The lowest BCUT2D eigenvalue weighted by Gasteiger charge is -2.21. The Hall–Kier alpha value is -2.21. The SMILES string of the molecule is COC(=O)CCN(C(=O)c1ccc(Br)cc1)c1ccccn1. The van der Waals surface area contributed by atoms with Gasteiger partial charge in [-0.1, -0.05) is 22.0 Å². The molecule has 6 heteroatoms. The molecule has 1 aromatic heterocycles. The fourth-order valence-corrected chi connectivity index (χ4v) is 2.15. The summed E-state index contributed by atoms with van der Waals surface area (Å²) in [7, 11) is 1.32. The Morgan fingerprint density at radius 3 is 2.50 bits per heavy atom. The van der Waals surface area contributed by atoms with Crippen LogP contribution in [0.25, 0.3) is 0 Å². The predicted molar refractivity (Wildman–Crippen MR) is 86.7 cm³/mol. The number of nitrogens with zero attached hydrogens (tertiary/aromatic N) is 2. The van der Waals surface area contributed by atoms with Crippen LogP contribution in [0.3, 0.4) is 0 Å². The predicted octanol–water partition coefficient (Wildman–Crippen LogP) is 3.05. The Bertz CT molecular complexity index is 644. The Labute approximate surface area is 137 Å². The van der Waals surface area contributed by atoms with Crippen LogP contribution in [0, 0.1) is 0 Å². The minimum Gasteiger partial charge on any atom is -0.469 e. The number of ether oxygens (including phenoxy) is 1. The molecule has 114 valence electrons. The van der Waals surface area contributed by atoms with Gasteiger partial charge in [0.15, 0.2) is 0 Å². The highest BCUT2D eigenvalue weighted by molar-refractivity contribution is 9.10. The lowest BCUT2D eigenvalue weighted by Crippen LogP contribution is -2.33. The van der Waals surface area contributed by atoms with E-state index in [0.717, 1.165) is 4.47 Å². The molecule has 0 radical (unpaired) electrons. The van der Waals surface area contributed by atoms with Crippen LogP contribution in [-0.4, -0.2) is 30.5 Å². The maximum Gasteiger partial charge on any atom is 0.307 e. The van der Waals surface area contributed by atoms with Gasteiger partial charge in [-0.15, -0.1) is 0 Å². The van der Waals surface area contributed by atoms with Crippen molar-refractivity contribution in [2.45, 2.75) is 6.42 Å². The largest absolute Gasteiger partial charge is 0.469 e. The molecule has 1 heterocycles. The molecule has 0 N–H and O–H groups in total. The summed E-state index contributed by atoms with van der Waals surface area (Å²) in [5.41, 5.74) is 0.527. The molecule has 0 spiro atoms. The molecule has 2 rings (SSSR count). The molecular formula is C16H15BrN2O3. The summed E-state index contributed by atoms with van der Waals surface area (Å²) in [6.45, 7) is 0.207. The summed E-state index contributed by atoms with van der Waals surface area (Å²) in [5, 5.41) is 0. The Morgan fingerprint density at radius 2 is 1.91 bits per heavy atom. The van der Waals surface area contributed by atoms with E-state index >= 15 is 0 Å². The number of benzene rings is 1. The minimum absolute atomic E-state index is 0.106. The number of halogens is 1. The van der Waals surface area contributed by atoms with Gasteiger partial charge < -0.3 is 4.74 Å². The summed E-state index contributed by atoms with van der Waals surface area (Å²) in [6.07, 6.45) is 1.71. The fourth-order valence-electron chi connectivity index (χ4n) is 1.89. The summed E-state index contributed by atoms with van der Waals surface area (Å²) in [4.78, 5) is 29.7. The summed E-state index contributed by atoms with van der Waals surface area (Å²) in [5.74, 6) is -0.0843. The number of hydrogen-bond donors (Lipinski definition) is 0. The van der Waals surface area contributed by atoms with Gasteiger partial charge in [0.1, 0.15) is 5.82 Å². The van der Waals surface area contributed by atoms with Gasteiger partial charge in [-0.3, -0.25) is 14.5 Å². The van der Waals surface area contributed by atoms with Crippen LogP contribution in [0.4, 0.5) is 5.82 Å². The summed E-state index contributed by atoms with van der Waals surface area (Å²) < 4.78 is 5.53. The first-order chi connectivity index (χ1) is 10.6. The number of anilines is 1. The second-order valence-corrected chi connectivity index (χ2v) is 5.39. The molecule has 0 unspecified atom stereocenters. The van der Waals surface area contributed by atoms with Crippen molar-refractivity contribution in [1.29, 1.82) is 0 Å². The van der Waals surface area contributed by atoms with Gasteiger partial charge in [-0.2, -0.15) is 0 Å². The molecule has 0 aliphatic rings. The van der Waals surface area contributed by atoms with E-state index < -0.39 is 0 Å². The van der Waals surface area contributed by atoms with Crippen molar-refractivity contribution < 1.29 is 14.3 Å². The van der Waals surface area contributed by atoms with Crippen LogP contribution in [0.15, 0.2) is 53.1 Å². The number of pyridine rings is 1. The maximum absolute atomic E-state index is 12.7. The molecule has 0 saturated heterocycles. The Balaban J connectivity index is 2.25. The topological polar surface area (TPSA) is 59.5 Å². The molecule has 0 fully saturated rings. The Kier molecular flexibility index (Phi) is 5.66. The number of esters is 1. The first kappa shape index (κ1) is 16.2. The second kappa shape index (κ2) is 7.70. The van der Waals surface area contributed by atoms with Crippen LogP contribution >= 0.6 is 15.9 Å². The fraction of sp³-hybridized carbons (Fsp3) is 0.188. The van der Waals surface area contributed by atoms with Crippen LogP contribution in [0.1, 0.15) is 16.8 Å². The van der Waals surface area contributed by atoms with Crippen LogP contribution in [0.5, 0.6) is 0 Å². The van der Waals surface area contributed by atoms with Gasteiger partial charge in [0.2, 0.25) is 0 Å². The smallest absolute Gasteiger partial charge is 0.307 e. The van der Waals surface area contributed by atoms with Gasteiger partial charge in [0, 0.05) is 22.8 Å². The lowest BCUT2D eigenvalue weighted by atomic mass is 10.2. The molecule has 0 bridgehead atoms. The zero-order valence-corrected chi connectivity index (χ0v) is 13.6. The van der Waals surface area contributed by atoms with Crippen molar-refractivity contribution in [3.05, 3.63) is 58.7 Å². The van der Waals surface area contributed by atoms with Crippen molar-refractivity contribution in [2.75, 3.05) is 18.6 Å². The highest BCUT2D eigenvalue weighted by Crippen LogP contribution is 2.17. The molecule has 1 aromatic carbocycles. The number of amides is 1. The third-order valence-corrected chi connectivity index (χ3v) is 3.56. The molecule has 5 nitrogen and oxygen atoms in total.